The zero-order chi connectivity index (χ0) is 17.7. The second-order valence-corrected chi connectivity index (χ2v) is 6.96. The van der Waals surface area contributed by atoms with Crippen LogP contribution in [-0.2, 0) is 10.0 Å². The fourth-order valence-electron chi connectivity index (χ4n) is 2.04. The number of amides is 1. The van der Waals surface area contributed by atoms with Crippen molar-refractivity contribution in [3.63, 3.8) is 0 Å². The van der Waals surface area contributed by atoms with E-state index in [1.807, 2.05) is 13.0 Å². The predicted octanol–water partition coefficient (Wildman–Crippen LogP) is 1.99. The molecule has 0 aliphatic rings. The van der Waals surface area contributed by atoms with E-state index in [1.165, 1.54) is 24.3 Å². The summed E-state index contributed by atoms with van der Waals surface area (Å²) in [6.45, 7) is 3.54. The van der Waals surface area contributed by atoms with Gasteiger partial charge in [0.25, 0.3) is 5.91 Å². The van der Waals surface area contributed by atoms with Crippen molar-refractivity contribution in [3.05, 3.63) is 53.5 Å². The van der Waals surface area contributed by atoms with E-state index < -0.39 is 10.0 Å². The quantitative estimate of drug-likeness (QED) is 0.783. The van der Waals surface area contributed by atoms with E-state index in [0.29, 0.717) is 11.3 Å². The van der Waals surface area contributed by atoms with Crippen LogP contribution in [0.3, 0.4) is 0 Å². The van der Waals surface area contributed by atoms with E-state index in [2.05, 4.69) is 16.0 Å². The summed E-state index contributed by atoms with van der Waals surface area (Å²) < 4.78 is 31.6. The fraction of sp³-hybridized carbons (Fsp3) is 0.235. The second kappa shape index (κ2) is 7.34. The third-order valence-electron chi connectivity index (χ3n) is 3.33. The first-order valence-corrected chi connectivity index (χ1v) is 8.72. The molecule has 1 aromatic carbocycles. The lowest BCUT2D eigenvalue weighted by molar-refractivity contribution is 0.0935. The first-order valence-electron chi connectivity index (χ1n) is 7.24. The maximum Gasteiger partial charge on any atom is 0.251 e. The van der Waals surface area contributed by atoms with Gasteiger partial charge in [0.2, 0.25) is 10.0 Å². The SMILES string of the molecule is C#CCNS(=O)(=O)c1ccc(C(=O)NC(C)c2ccc(C)o2)cc1. The molecule has 24 heavy (non-hydrogen) atoms. The van der Waals surface area contributed by atoms with E-state index in [-0.39, 0.29) is 23.4 Å². The Morgan fingerprint density at radius 3 is 2.46 bits per heavy atom. The smallest absolute Gasteiger partial charge is 0.251 e. The Morgan fingerprint density at radius 1 is 1.25 bits per heavy atom. The summed E-state index contributed by atoms with van der Waals surface area (Å²) in [5.74, 6) is 3.29. The van der Waals surface area contributed by atoms with Crippen molar-refractivity contribution in [2.24, 2.45) is 0 Å². The van der Waals surface area contributed by atoms with E-state index in [4.69, 9.17) is 10.8 Å². The number of sulfonamides is 1. The van der Waals surface area contributed by atoms with Crippen LogP contribution in [0, 0.1) is 19.3 Å². The molecule has 0 saturated heterocycles. The largest absolute Gasteiger partial charge is 0.464 e. The van der Waals surface area contributed by atoms with Gasteiger partial charge in [-0.15, -0.1) is 6.42 Å². The van der Waals surface area contributed by atoms with Crippen LogP contribution in [0.5, 0.6) is 0 Å². The molecule has 2 N–H and O–H groups in total. The van der Waals surface area contributed by atoms with Crippen molar-refractivity contribution >= 4 is 15.9 Å². The highest BCUT2D eigenvalue weighted by Gasteiger charge is 2.16. The Morgan fingerprint density at radius 2 is 1.92 bits per heavy atom. The van der Waals surface area contributed by atoms with Gasteiger partial charge in [0.05, 0.1) is 17.5 Å². The van der Waals surface area contributed by atoms with Crippen LogP contribution in [0.4, 0.5) is 0 Å². The van der Waals surface area contributed by atoms with Crippen molar-refractivity contribution in [2.45, 2.75) is 24.8 Å². The van der Waals surface area contributed by atoms with Gasteiger partial charge in [-0.25, -0.2) is 8.42 Å². The number of hydrogen-bond donors (Lipinski definition) is 2. The predicted molar refractivity (Wildman–Crippen MR) is 89.8 cm³/mol. The maximum atomic E-state index is 12.2. The number of benzene rings is 1. The number of aryl methyl sites for hydroxylation is 1. The molecule has 1 unspecified atom stereocenters. The molecule has 1 heterocycles. The third-order valence-corrected chi connectivity index (χ3v) is 4.74. The molecule has 6 nitrogen and oxygen atoms in total. The molecule has 1 aromatic heterocycles. The van der Waals surface area contributed by atoms with Crippen LogP contribution < -0.4 is 10.0 Å². The minimum absolute atomic E-state index is 0.0454. The van der Waals surface area contributed by atoms with E-state index >= 15 is 0 Å². The maximum absolute atomic E-state index is 12.2. The lowest BCUT2D eigenvalue weighted by Crippen LogP contribution is -2.27. The number of furan rings is 1. The van der Waals surface area contributed by atoms with Gasteiger partial charge in [0.15, 0.2) is 0 Å². The van der Waals surface area contributed by atoms with Crippen molar-refractivity contribution in [1.82, 2.24) is 10.0 Å². The molecule has 7 heteroatoms. The van der Waals surface area contributed by atoms with Gasteiger partial charge >= 0.3 is 0 Å². The first-order chi connectivity index (χ1) is 11.3. The lowest BCUT2D eigenvalue weighted by atomic mass is 10.2. The normalized spacial score (nSPS) is 12.4. The standard InChI is InChI=1S/C17H18N2O4S/c1-4-11-18-24(21,22)15-8-6-14(7-9-15)17(20)19-13(3)16-10-5-12(2)23-16/h1,5-10,13,18H,11H2,2-3H3,(H,19,20). The number of carbonyl (C=O) groups is 1. The summed E-state index contributed by atoms with van der Waals surface area (Å²) in [7, 11) is -3.67. The van der Waals surface area contributed by atoms with Gasteiger partial charge < -0.3 is 9.73 Å². The van der Waals surface area contributed by atoms with E-state index in [1.54, 1.807) is 13.0 Å². The van der Waals surface area contributed by atoms with E-state index in [9.17, 15) is 13.2 Å². The molecular weight excluding hydrogens is 328 g/mol. The third kappa shape index (κ3) is 4.25. The highest BCUT2D eigenvalue weighted by Crippen LogP contribution is 2.17. The molecule has 2 rings (SSSR count). The Balaban J connectivity index is 2.07. The molecule has 0 saturated carbocycles. The average Bonchev–Trinajstić information content (AvgIpc) is 2.99. The van der Waals surface area contributed by atoms with Crippen molar-refractivity contribution < 1.29 is 17.6 Å². The molecule has 0 aliphatic carbocycles. The molecule has 126 valence electrons. The Kier molecular flexibility index (Phi) is 5.44. The zero-order valence-corrected chi connectivity index (χ0v) is 14.2. The zero-order valence-electron chi connectivity index (χ0n) is 13.4. The van der Waals surface area contributed by atoms with Gasteiger partial charge in [0, 0.05) is 5.56 Å². The van der Waals surface area contributed by atoms with Gasteiger partial charge in [-0.2, -0.15) is 4.72 Å². The summed E-state index contributed by atoms with van der Waals surface area (Å²) in [5, 5.41) is 2.79. The summed E-state index contributed by atoms with van der Waals surface area (Å²) in [6, 6.07) is 8.92. The molecular formula is C17H18N2O4S. The summed E-state index contributed by atoms with van der Waals surface area (Å²) in [6.07, 6.45) is 5.04. The molecule has 0 fully saturated rings. The van der Waals surface area contributed by atoms with E-state index in [0.717, 1.165) is 5.76 Å². The summed E-state index contributed by atoms with van der Waals surface area (Å²) in [5.41, 5.74) is 0.348. The van der Waals surface area contributed by atoms with Gasteiger partial charge in [-0.3, -0.25) is 4.79 Å². The van der Waals surface area contributed by atoms with Gasteiger partial charge in [-0.1, -0.05) is 5.92 Å². The molecule has 1 atom stereocenters. The van der Waals surface area contributed by atoms with Crippen molar-refractivity contribution in [1.29, 1.82) is 0 Å². The lowest BCUT2D eigenvalue weighted by Gasteiger charge is -2.12. The Hall–Kier alpha value is -2.56. The summed E-state index contributed by atoms with van der Waals surface area (Å²) in [4.78, 5) is 12.3. The second-order valence-electron chi connectivity index (χ2n) is 5.20. The highest BCUT2D eigenvalue weighted by atomic mass is 32.2. The summed E-state index contributed by atoms with van der Waals surface area (Å²) >= 11 is 0. The van der Waals surface area contributed by atoms with Crippen LogP contribution in [0.1, 0.15) is 34.8 Å². The highest BCUT2D eigenvalue weighted by molar-refractivity contribution is 7.89. The Labute approximate surface area is 141 Å². The topological polar surface area (TPSA) is 88.4 Å². The van der Waals surface area contributed by atoms with Crippen LogP contribution in [0.25, 0.3) is 0 Å². The average molecular weight is 346 g/mol. The van der Waals surface area contributed by atoms with Crippen LogP contribution in [0.15, 0.2) is 45.7 Å². The number of hydrogen-bond acceptors (Lipinski definition) is 4. The van der Waals surface area contributed by atoms with Gasteiger partial charge in [-0.05, 0) is 50.2 Å². The van der Waals surface area contributed by atoms with Gasteiger partial charge in [0.1, 0.15) is 11.5 Å². The van der Waals surface area contributed by atoms with Crippen molar-refractivity contribution in [3.8, 4) is 12.3 Å². The molecule has 0 aliphatic heterocycles. The minimum Gasteiger partial charge on any atom is -0.464 e. The molecule has 1 amide bonds. The molecule has 0 radical (unpaired) electrons. The molecule has 2 aromatic rings. The first kappa shape index (κ1) is 17.8. The van der Waals surface area contributed by atoms with Crippen molar-refractivity contribution in [2.75, 3.05) is 6.54 Å². The number of terminal acetylenes is 1. The number of rotatable bonds is 6. The monoisotopic (exact) mass is 346 g/mol. The molecule has 0 bridgehead atoms. The van der Waals surface area contributed by atoms with Crippen LogP contribution in [0.2, 0.25) is 0 Å². The minimum atomic E-state index is -3.67. The van der Waals surface area contributed by atoms with Crippen LogP contribution in [-0.4, -0.2) is 20.9 Å². The molecule has 0 spiro atoms. The number of nitrogens with one attached hydrogen (secondary N) is 2. The fourth-order valence-corrected chi connectivity index (χ4v) is 2.98. The van der Waals surface area contributed by atoms with Crippen LogP contribution >= 0.6 is 0 Å². The number of carbonyl (C=O) groups excluding carboxylic acids is 1. The Bertz CT molecular complexity index is 861.